The molecule has 0 saturated carbocycles. The standard InChI is InChI=1S/C17H11F3N2O2/c18-17(19,20)13-6-3-4-11(8-13)10-21-22-16(23)15-9-12-5-1-2-7-14(12)24-15/h1-10H,(H,22,23). The molecule has 0 radical (unpaired) electrons. The summed E-state index contributed by atoms with van der Waals surface area (Å²) in [4.78, 5) is 11.9. The Hall–Kier alpha value is -3.09. The average Bonchev–Trinajstić information content (AvgIpc) is 2.98. The van der Waals surface area contributed by atoms with Gasteiger partial charge in [0.15, 0.2) is 5.76 Å². The van der Waals surface area contributed by atoms with Crippen molar-refractivity contribution in [1.82, 2.24) is 5.43 Å². The third-order valence-electron chi connectivity index (χ3n) is 3.24. The third-order valence-corrected chi connectivity index (χ3v) is 3.24. The van der Waals surface area contributed by atoms with Gasteiger partial charge in [-0.05, 0) is 29.8 Å². The van der Waals surface area contributed by atoms with E-state index >= 15 is 0 Å². The number of benzene rings is 2. The summed E-state index contributed by atoms with van der Waals surface area (Å²) in [5.74, 6) is -0.521. The molecule has 0 fully saturated rings. The van der Waals surface area contributed by atoms with E-state index in [1.165, 1.54) is 12.1 Å². The van der Waals surface area contributed by atoms with Crippen molar-refractivity contribution in [2.24, 2.45) is 5.10 Å². The van der Waals surface area contributed by atoms with E-state index in [0.29, 0.717) is 5.58 Å². The lowest BCUT2D eigenvalue weighted by atomic mass is 10.1. The van der Waals surface area contributed by atoms with Gasteiger partial charge in [-0.25, -0.2) is 5.43 Å². The van der Waals surface area contributed by atoms with Crippen LogP contribution < -0.4 is 5.43 Å². The SMILES string of the molecule is O=C(NN=Cc1cccc(C(F)(F)F)c1)c1cc2ccccc2o1. The number of fused-ring (bicyclic) bond motifs is 1. The molecule has 1 aromatic heterocycles. The first kappa shape index (κ1) is 15.8. The Morgan fingerprint density at radius 1 is 1.08 bits per heavy atom. The second kappa shape index (κ2) is 6.19. The molecule has 2 aromatic carbocycles. The van der Waals surface area contributed by atoms with Crippen LogP contribution in [0.3, 0.4) is 0 Å². The lowest BCUT2D eigenvalue weighted by Gasteiger charge is -2.06. The number of rotatable bonds is 3. The molecule has 122 valence electrons. The number of carbonyl (C=O) groups excluding carboxylic acids is 1. The van der Waals surface area contributed by atoms with E-state index in [-0.39, 0.29) is 11.3 Å². The summed E-state index contributed by atoms with van der Waals surface area (Å²) in [5, 5.41) is 4.43. The first-order valence-electron chi connectivity index (χ1n) is 6.93. The van der Waals surface area contributed by atoms with E-state index < -0.39 is 17.6 Å². The van der Waals surface area contributed by atoms with Gasteiger partial charge in [-0.3, -0.25) is 4.79 Å². The molecule has 1 amide bonds. The summed E-state index contributed by atoms with van der Waals surface area (Å²) >= 11 is 0. The van der Waals surface area contributed by atoms with Gasteiger partial charge < -0.3 is 4.42 Å². The van der Waals surface area contributed by atoms with Gasteiger partial charge >= 0.3 is 12.1 Å². The maximum Gasteiger partial charge on any atom is 0.416 e. The van der Waals surface area contributed by atoms with Crippen molar-refractivity contribution in [3.8, 4) is 0 Å². The zero-order valence-corrected chi connectivity index (χ0v) is 12.2. The monoisotopic (exact) mass is 332 g/mol. The molecule has 24 heavy (non-hydrogen) atoms. The first-order valence-corrected chi connectivity index (χ1v) is 6.93. The summed E-state index contributed by atoms with van der Waals surface area (Å²) in [6.07, 6.45) is -3.29. The second-order valence-corrected chi connectivity index (χ2v) is 4.97. The van der Waals surface area contributed by atoms with Gasteiger partial charge in [0, 0.05) is 5.39 Å². The fourth-order valence-electron chi connectivity index (χ4n) is 2.11. The highest BCUT2D eigenvalue weighted by atomic mass is 19.4. The van der Waals surface area contributed by atoms with E-state index in [2.05, 4.69) is 10.5 Å². The van der Waals surface area contributed by atoms with Crippen LogP contribution in [0.2, 0.25) is 0 Å². The molecule has 1 heterocycles. The van der Waals surface area contributed by atoms with Crippen LogP contribution in [0.25, 0.3) is 11.0 Å². The Morgan fingerprint density at radius 2 is 1.88 bits per heavy atom. The van der Waals surface area contributed by atoms with Gasteiger partial charge in [-0.2, -0.15) is 18.3 Å². The lowest BCUT2D eigenvalue weighted by molar-refractivity contribution is -0.137. The first-order chi connectivity index (χ1) is 11.4. The number of carbonyl (C=O) groups is 1. The molecular weight excluding hydrogens is 321 g/mol. The molecule has 1 N–H and O–H groups in total. The third kappa shape index (κ3) is 3.45. The molecule has 0 aliphatic rings. The van der Waals surface area contributed by atoms with Crippen molar-refractivity contribution < 1.29 is 22.4 Å². The molecule has 0 unspecified atom stereocenters. The van der Waals surface area contributed by atoms with Crippen LogP contribution in [-0.4, -0.2) is 12.1 Å². The highest BCUT2D eigenvalue weighted by molar-refractivity contribution is 5.96. The van der Waals surface area contributed by atoms with Crippen LogP contribution >= 0.6 is 0 Å². The Labute approximate surface area is 134 Å². The Balaban J connectivity index is 1.71. The minimum absolute atomic E-state index is 0.0670. The van der Waals surface area contributed by atoms with Crippen LogP contribution in [0.5, 0.6) is 0 Å². The number of nitrogens with one attached hydrogen (secondary N) is 1. The predicted molar refractivity (Wildman–Crippen MR) is 82.7 cm³/mol. The number of para-hydroxylation sites is 1. The summed E-state index contributed by atoms with van der Waals surface area (Å²) in [7, 11) is 0. The number of furan rings is 1. The van der Waals surface area contributed by atoms with Gasteiger partial charge in [0.25, 0.3) is 0 Å². The van der Waals surface area contributed by atoms with E-state index in [9.17, 15) is 18.0 Å². The molecule has 0 aliphatic heterocycles. The minimum atomic E-state index is -4.43. The minimum Gasteiger partial charge on any atom is -0.451 e. The summed E-state index contributed by atoms with van der Waals surface area (Å²) in [6, 6.07) is 13.3. The number of nitrogens with zero attached hydrogens (tertiary/aromatic N) is 1. The number of alkyl halides is 3. The predicted octanol–water partition coefficient (Wildman–Crippen LogP) is 4.22. The van der Waals surface area contributed by atoms with Crippen molar-refractivity contribution in [1.29, 1.82) is 0 Å². The number of hydrazone groups is 1. The van der Waals surface area contributed by atoms with Crippen molar-refractivity contribution >= 4 is 23.1 Å². The van der Waals surface area contributed by atoms with E-state index in [0.717, 1.165) is 23.7 Å². The van der Waals surface area contributed by atoms with Gasteiger partial charge in [0.05, 0.1) is 11.8 Å². The van der Waals surface area contributed by atoms with Gasteiger partial charge in [0.2, 0.25) is 0 Å². The number of halogens is 3. The molecule has 0 atom stereocenters. The highest BCUT2D eigenvalue weighted by Gasteiger charge is 2.30. The van der Waals surface area contributed by atoms with Gasteiger partial charge in [-0.1, -0.05) is 30.3 Å². The Bertz CT molecular complexity index is 880. The van der Waals surface area contributed by atoms with Crippen LogP contribution in [-0.2, 0) is 6.18 Å². The topological polar surface area (TPSA) is 54.6 Å². The summed E-state index contributed by atoms with van der Waals surface area (Å²) < 4.78 is 43.2. The highest BCUT2D eigenvalue weighted by Crippen LogP contribution is 2.29. The fourth-order valence-corrected chi connectivity index (χ4v) is 2.11. The normalized spacial score (nSPS) is 12.0. The van der Waals surface area contributed by atoms with Gasteiger partial charge in [0.1, 0.15) is 5.58 Å². The number of hydrogen-bond donors (Lipinski definition) is 1. The molecule has 3 rings (SSSR count). The fraction of sp³-hybridized carbons (Fsp3) is 0.0588. The molecule has 0 saturated heterocycles. The zero-order valence-electron chi connectivity index (χ0n) is 12.2. The molecule has 4 nitrogen and oxygen atoms in total. The number of hydrogen-bond acceptors (Lipinski definition) is 3. The molecule has 7 heteroatoms. The Morgan fingerprint density at radius 3 is 2.62 bits per heavy atom. The molecule has 3 aromatic rings. The quantitative estimate of drug-likeness (QED) is 0.577. The maximum atomic E-state index is 12.6. The van der Waals surface area contributed by atoms with E-state index in [4.69, 9.17) is 4.42 Å². The lowest BCUT2D eigenvalue weighted by Crippen LogP contribution is -2.16. The average molecular weight is 332 g/mol. The molecule has 0 aliphatic carbocycles. The van der Waals surface area contributed by atoms with Crippen molar-refractivity contribution in [3.63, 3.8) is 0 Å². The van der Waals surface area contributed by atoms with Crippen LogP contribution in [0, 0.1) is 0 Å². The summed E-state index contributed by atoms with van der Waals surface area (Å²) in [6.45, 7) is 0. The van der Waals surface area contributed by atoms with Crippen molar-refractivity contribution in [2.75, 3.05) is 0 Å². The smallest absolute Gasteiger partial charge is 0.416 e. The molecule has 0 spiro atoms. The second-order valence-electron chi connectivity index (χ2n) is 4.97. The van der Waals surface area contributed by atoms with Crippen molar-refractivity contribution in [2.45, 2.75) is 6.18 Å². The number of amides is 1. The van der Waals surface area contributed by atoms with Gasteiger partial charge in [-0.15, -0.1) is 0 Å². The largest absolute Gasteiger partial charge is 0.451 e. The van der Waals surface area contributed by atoms with Crippen molar-refractivity contribution in [3.05, 3.63) is 71.5 Å². The molecule has 0 bridgehead atoms. The molecular formula is C17H11F3N2O2. The summed E-state index contributed by atoms with van der Waals surface area (Å²) in [5.41, 5.74) is 2.22. The zero-order chi connectivity index (χ0) is 17.2. The Kier molecular flexibility index (Phi) is 4.07. The van der Waals surface area contributed by atoms with E-state index in [1.807, 2.05) is 6.07 Å². The maximum absolute atomic E-state index is 12.6. The van der Waals surface area contributed by atoms with Crippen LogP contribution in [0.1, 0.15) is 21.7 Å². The van der Waals surface area contributed by atoms with Crippen LogP contribution in [0.4, 0.5) is 13.2 Å². The van der Waals surface area contributed by atoms with Crippen LogP contribution in [0.15, 0.2) is 64.1 Å². The van der Waals surface area contributed by atoms with E-state index in [1.54, 1.807) is 24.3 Å².